The first-order valence-electron chi connectivity index (χ1n) is 6.30. The van der Waals surface area contributed by atoms with E-state index < -0.39 is 0 Å². The second kappa shape index (κ2) is 8.51. The monoisotopic (exact) mass is 345 g/mol. The van der Waals surface area contributed by atoms with Crippen molar-refractivity contribution in [3.05, 3.63) is 28.2 Å². The van der Waals surface area contributed by atoms with Crippen LogP contribution in [0.1, 0.15) is 25.8 Å². The SMILES string of the molecule is CC(C)CCOCCOc1ccc(Br)cc1C(N)=S. The third-order valence-electron chi connectivity index (χ3n) is 2.53. The summed E-state index contributed by atoms with van der Waals surface area (Å²) in [7, 11) is 0. The van der Waals surface area contributed by atoms with Crippen molar-refractivity contribution < 1.29 is 9.47 Å². The molecule has 1 rings (SSSR count). The van der Waals surface area contributed by atoms with Crippen LogP contribution in [0.15, 0.2) is 22.7 Å². The summed E-state index contributed by atoms with van der Waals surface area (Å²) in [5.74, 6) is 1.36. The lowest BCUT2D eigenvalue weighted by Crippen LogP contribution is -2.14. The number of thiocarbonyl (C=S) groups is 1. The van der Waals surface area contributed by atoms with Crippen LogP contribution < -0.4 is 10.5 Å². The van der Waals surface area contributed by atoms with Crippen molar-refractivity contribution >= 4 is 33.1 Å². The highest BCUT2D eigenvalue weighted by molar-refractivity contribution is 9.10. The van der Waals surface area contributed by atoms with Gasteiger partial charge in [-0.05, 0) is 30.5 Å². The first-order chi connectivity index (χ1) is 9.00. The summed E-state index contributed by atoms with van der Waals surface area (Å²) in [5, 5.41) is 0. The normalized spacial score (nSPS) is 10.7. The Morgan fingerprint density at radius 1 is 1.32 bits per heavy atom. The predicted molar refractivity (Wildman–Crippen MR) is 85.8 cm³/mol. The lowest BCUT2D eigenvalue weighted by Gasteiger charge is -2.11. The standard InChI is InChI=1S/C14H20BrNO2S/c1-10(2)5-6-17-7-8-18-13-4-3-11(15)9-12(13)14(16)19/h3-4,9-10H,5-8H2,1-2H3,(H2,16,19). The van der Waals surface area contributed by atoms with E-state index in [1.54, 1.807) is 0 Å². The van der Waals surface area contributed by atoms with Crippen molar-refractivity contribution in [3.8, 4) is 5.75 Å². The molecule has 106 valence electrons. The van der Waals surface area contributed by atoms with Crippen LogP contribution in [0.3, 0.4) is 0 Å². The number of rotatable bonds is 8. The molecule has 0 spiro atoms. The molecule has 5 heteroatoms. The van der Waals surface area contributed by atoms with Gasteiger partial charge in [-0.25, -0.2) is 0 Å². The molecule has 3 nitrogen and oxygen atoms in total. The minimum atomic E-state index is 0.331. The topological polar surface area (TPSA) is 44.5 Å². The van der Waals surface area contributed by atoms with E-state index in [0.29, 0.717) is 29.9 Å². The molecule has 0 saturated heterocycles. The number of benzene rings is 1. The molecule has 1 aromatic rings. The number of hydrogen-bond donors (Lipinski definition) is 1. The zero-order valence-corrected chi connectivity index (χ0v) is 13.7. The Morgan fingerprint density at radius 2 is 2.05 bits per heavy atom. The average Bonchev–Trinajstić information content (AvgIpc) is 2.34. The minimum Gasteiger partial charge on any atom is -0.490 e. The van der Waals surface area contributed by atoms with Crippen molar-refractivity contribution in [2.75, 3.05) is 19.8 Å². The highest BCUT2D eigenvalue weighted by atomic mass is 79.9. The molecule has 1 aromatic carbocycles. The molecular weight excluding hydrogens is 326 g/mol. The van der Waals surface area contributed by atoms with Crippen molar-refractivity contribution in [2.24, 2.45) is 11.7 Å². The fourth-order valence-electron chi connectivity index (χ4n) is 1.45. The van der Waals surface area contributed by atoms with E-state index in [0.717, 1.165) is 23.1 Å². The predicted octanol–water partition coefficient (Wildman–Crippen LogP) is 3.52. The van der Waals surface area contributed by atoms with E-state index in [4.69, 9.17) is 27.4 Å². The van der Waals surface area contributed by atoms with E-state index in [9.17, 15) is 0 Å². The Kier molecular flexibility index (Phi) is 7.34. The molecule has 0 radical (unpaired) electrons. The highest BCUT2D eigenvalue weighted by Crippen LogP contribution is 2.23. The smallest absolute Gasteiger partial charge is 0.129 e. The molecule has 0 unspecified atom stereocenters. The van der Waals surface area contributed by atoms with Crippen LogP contribution in [0.4, 0.5) is 0 Å². The highest BCUT2D eigenvalue weighted by Gasteiger charge is 2.07. The summed E-state index contributed by atoms with van der Waals surface area (Å²) in [6, 6.07) is 5.61. The molecule has 2 N–H and O–H groups in total. The van der Waals surface area contributed by atoms with Gasteiger partial charge in [-0.2, -0.15) is 0 Å². The quantitative estimate of drug-likeness (QED) is 0.578. The molecule has 0 bridgehead atoms. The fraction of sp³-hybridized carbons (Fsp3) is 0.500. The van der Waals surface area contributed by atoms with Gasteiger partial charge in [0, 0.05) is 11.1 Å². The lowest BCUT2D eigenvalue weighted by molar-refractivity contribution is 0.0925. The Labute approximate surface area is 128 Å². The summed E-state index contributed by atoms with van der Waals surface area (Å²) in [6.45, 7) is 6.19. The summed E-state index contributed by atoms with van der Waals surface area (Å²) >= 11 is 8.39. The van der Waals surface area contributed by atoms with Gasteiger partial charge in [-0.15, -0.1) is 0 Å². The molecular formula is C14H20BrNO2S. The van der Waals surface area contributed by atoms with Crippen molar-refractivity contribution in [2.45, 2.75) is 20.3 Å². The second-order valence-electron chi connectivity index (χ2n) is 4.65. The molecule has 0 aliphatic carbocycles. The third kappa shape index (κ3) is 6.36. The van der Waals surface area contributed by atoms with E-state index >= 15 is 0 Å². The summed E-state index contributed by atoms with van der Waals surface area (Å²) in [6.07, 6.45) is 1.07. The van der Waals surface area contributed by atoms with Crippen LogP contribution in [-0.4, -0.2) is 24.8 Å². The minimum absolute atomic E-state index is 0.331. The van der Waals surface area contributed by atoms with E-state index in [1.165, 1.54) is 0 Å². The van der Waals surface area contributed by atoms with E-state index in [2.05, 4.69) is 29.8 Å². The van der Waals surface area contributed by atoms with Gasteiger partial charge >= 0.3 is 0 Å². The maximum absolute atomic E-state index is 5.67. The van der Waals surface area contributed by atoms with Gasteiger partial charge in [0.2, 0.25) is 0 Å². The first kappa shape index (κ1) is 16.4. The largest absolute Gasteiger partial charge is 0.490 e. The molecule has 0 atom stereocenters. The fourth-order valence-corrected chi connectivity index (χ4v) is 1.97. The Morgan fingerprint density at radius 3 is 2.68 bits per heavy atom. The maximum atomic E-state index is 5.67. The van der Waals surface area contributed by atoms with Crippen molar-refractivity contribution in [3.63, 3.8) is 0 Å². The van der Waals surface area contributed by atoms with Gasteiger partial charge in [0.1, 0.15) is 17.3 Å². The number of halogens is 1. The van der Waals surface area contributed by atoms with Gasteiger partial charge in [-0.3, -0.25) is 0 Å². The van der Waals surface area contributed by atoms with Crippen LogP contribution in [0.25, 0.3) is 0 Å². The van der Waals surface area contributed by atoms with Crippen LogP contribution in [-0.2, 0) is 4.74 Å². The average molecular weight is 346 g/mol. The van der Waals surface area contributed by atoms with Crippen molar-refractivity contribution in [1.29, 1.82) is 0 Å². The summed E-state index contributed by atoms with van der Waals surface area (Å²) in [5.41, 5.74) is 6.41. The van der Waals surface area contributed by atoms with Gasteiger partial charge in [-0.1, -0.05) is 42.0 Å². The maximum Gasteiger partial charge on any atom is 0.129 e. The Bertz CT molecular complexity index is 424. The number of hydrogen-bond acceptors (Lipinski definition) is 3. The molecule has 19 heavy (non-hydrogen) atoms. The van der Waals surface area contributed by atoms with Gasteiger partial charge in [0.25, 0.3) is 0 Å². The number of nitrogens with two attached hydrogens (primary N) is 1. The molecule has 0 amide bonds. The molecule has 0 heterocycles. The Hall–Kier alpha value is -0.650. The van der Waals surface area contributed by atoms with Crippen LogP contribution in [0.2, 0.25) is 0 Å². The van der Waals surface area contributed by atoms with E-state index in [-0.39, 0.29) is 0 Å². The van der Waals surface area contributed by atoms with Crippen LogP contribution >= 0.6 is 28.1 Å². The zero-order valence-electron chi connectivity index (χ0n) is 11.3. The first-order valence-corrected chi connectivity index (χ1v) is 7.50. The molecule has 0 saturated carbocycles. The van der Waals surface area contributed by atoms with Crippen LogP contribution in [0, 0.1) is 5.92 Å². The summed E-state index contributed by atoms with van der Waals surface area (Å²) < 4.78 is 12.1. The third-order valence-corrected chi connectivity index (χ3v) is 3.25. The van der Waals surface area contributed by atoms with E-state index in [1.807, 2.05) is 18.2 Å². The van der Waals surface area contributed by atoms with Gasteiger partial charge in [0.05, 0.1) is 12.2 Å². The second-order valence-corrected chi connectivity index (χ2v) is 6.00. The molecule has 0 aliphatic rings. The van der Waals surface area contributed by atoms with Gasteiger partial charge < -0.3 is 15.2 Å². The van der Waals surface area contributed by atoms with Crippen LogP contribution in [0.5, 0.6) is 5.75 Å². The Balaban J connectivity index is 2.39. The van der Waals surface area contributed by atoms with Gasteiger partial charge in [0.15, 0.2) is 0 Å². The lowest BCUT2D eigenvalue weighted by atomic mass is 10.1. The molecule has 0 aromatic heterocycles. The summed E-state index contributed by atoms with van der Waals surface area (Å²) in [4.78, 5) is 0.331. The molecule has 0 fully saturated rings. The zero-order chi connectivity index (χ0) is 14.3. The molecule has 0 aliphatic heterocycles. The number of ether oxygens (including phenoxy) is 2. The van der Waals surface area contributed by atoms with Crippen molar-refractivity contribution in [1.82, 2.24) is 0 Å².